The fourth-order valence-corrected chi connectivity index (χ4v) is 2.77. The first-order valence-corrected chi connectivity index (χ1v) is 8.08. The van der Waals surface area contributed by atoms with Crippen LogP contribution in [0.1, 0.15) is 54.4 Å². The highest BCUT2D eigenvalue weighted by Gasteiger charge is 2.34. The van der Waals surface area contributed by atoms with Crippen LogP contribution >= 0.6 is 0 Å². The number of carbonyl (C=O) groups excluding carboxylic acids is 2. The third kappa shape index (κ3) is 5.16. The Morgan fingerprint density at radius 2 is 1.86 bits per heavy atom. The standard InChI is InChI=1S/C16H31N3O3/c1-11(2)19(14(20)12(3)17)13-8-7-9-18(10-13)15(21)22-16(4,5)6/h11-13H,7-10,17H2,1-6H3/t12-,13-/m0/s1. The Morgan fingerprint density at radius 1 is 1.27 bits per heavy atom. The van der Waals surface area contributed by atoms with E-state index < -0.39 is 11.6 Å². The van der Waals surface area contributed by atoms with Gasteiger partial charge in [0.1, 0.15) is 5.60 Å². The lowest BCUT2D eigenvalue weighted by molar-refractivity contribution is -0.137. The SMILES string of the molecule is CC(C)N(C(=O)[C@H](C)N)[C@H]1CCCN(C(=O)OC(C)(C)C)C1. The summed E-state index contributed by atoms with van der Waals surface area (Å²) in [6.45, 7) is 12.4. The predicted octanol–water partition coefficient (Wildman–Crippen LogP) is 1.97. The summed E-state index contributed by atoms with van der Waals surface area (Å²) in [6, 6.07) is -0.471. The van der Waals surface area contributed by atoms with E-state index in [1.807, 2.05) is 39.5 Å². The third-order valence-corrected chi connectivity index (χ3v) is 3.64. The van der Waals surface area contributed by atoms with Gasteiger partial charge in [-0.05, 0) is 54.4 Å². The number of carbonyl (C=O) groups is 2. The Hall–Kier alpha value is -1.30. The summed E-state index contributed by atoms with van der Waals surface area (Å²) in [6.07, 6.45) is 1.43. The topological polar surface area (TPSA) is 75.9 Å². The maximum Gasteiger partial charge on any atom is 0.410 e. The molecule has 2 amide bonds. The molecule has 0 radical (unpaired) electrons. The van der Waals surface area contributed by atoms with Crippen LogP contribution in [-0.4, -0.2) is 58.6 Å². The van der Waals surface area contributed by atoms with Crippen LogP contribution in [0.5, 0.6) is 0 Å². The molecule has 0 aliphatic carbocycles. The molecule has 0 unspecified atom stereocenters. The van der Waals surface area contributed by atoms with Gasteiger partial charge < -0.3 is 20.3 Å². The second kappa shape index (κ2) is 7.31. The summed E-state index contributed by atoms with van der Waals surface area (Å²) >= 11 is 0. The van der Waals surface area contributed by atoms with Crippen molar-refractivity contribution in [3.8, 4) is 0 Å². The molecule has 6 heteroatoms. The molecule has 0 aromatic heterocycles. The minimum Gasteiger partial charge on any atom is -0.444 e. The van der Waals surface area contributed by atoms with Crippen molar-refractivity contribution in [2.75, 3.05) is 13.1 Å². The van der Waals surface area contributed by atoms with Gasteiger partial charge in [-0.3, -0.25) is 4.79 Å². The normalized spacial score (nSPS) is 20.7. The maximum atomic E-state index is 12.4. The maximum absolute atomic E-state index is 12.4. The molecule has 0 spiro atoms. The minimum absolute atomic E-state index is 0.000214. The number of nitrogens with zero attached hydrogens (tertiary/aromatic N) is 2. The van der Waals surface area contributed by atoms with Crippen LogP contribution < -0.4 is 5.73 Å². The lowest BCUT2D eigenvalue weighted by Crippen LogP contribution is -2.57. The number of ether oxygens (including phenoxy) is 1. The molecule has 1 aliphatic heterocycles. The van der Waals surface area contributed by atoms with Crippen molar-refractivity contribution < 1.29 is 14.3 Å². The molecule has 128 valence electrons. The summed E-state index contributed by atoms with van der Waals surface area (Å²) in [5.41, 5.74) is 5.25. The fourth-order valence-electron chi connectivity index (χ4n) is 2.77. The molecule has 1 saturated heterocycles. The largest absolute Gasteiger partial charge is 0.444 e. The van der Waals surface area contributed by atoms with Crippen molar-refractivity contribution in [3.05, 3.63) is 0 Å². The molecule has 22 heavy (non-hydrogen) atoms. The van der Waals surface area contributed by atoms with Crippen LogP contribution in [0.3, 0.4) is 0 Å². The first-order valence-electron chi connectivity index (χ1n) is 8.08. The molecule has 2 atom stereocenters. The van der Waals surface area contributed by atoms with Gasteiger partial charge in [-0.15, -0.1) is 0 Å². The van der Waals surface area contributed by atoms with E-state index in [4.69, 9.17) is 10.5 Å². The zero-order valence-corrected chi connectivity index (χ0v) is 14.8. The van der Waals surface area contributed by atoms with E-state index in [1.165, 1.54) is 0 Å². The molecule has 0 aromatic rings. The first kappa shape index (κ1) is 18.7. The van der Waals surface area contributed by atoms with Crippen molar-refractivity contribution in [2.45, 2.75) is 78.1 Å². The number of hydrogen-bond acceptors (Lipinski definition) is 4. The molecule has 0 bridgehead atoms. The molecule has 2 N–H and O–H groups in total. The molecule has 0 saturated carbocycles. The van der Waals surface area contributed by atoms with Gasteiger partial charge >= 0.3 is 6.09 Å². The average molecular weight is 313 g/mol. The van der Waals surface area contributed by atoms with Crippen LogP contribution in [0, 0.1) is 0 Å². The molecule has 1 aliphatic rings. The highest BCUT2D eigenvalue weighted by atomic mass is 16.6. The van der Waals surface area contributed by atoms with Gasteiger partial charge in [0.2, 0.25) is 5.91 Å². The molecular formula is C16H31N3O3. The lowest BCUT2D eigenvalue weighted by Gasteiger charge is -2.42. The van der Waals surface area contributed by atoms with Crippen LogP contribution in [0.25, 0.3) is 0 Å². The van der Waals surface area contributed by atoms with Gasteiger partial charge in [0.15, 0.2) is 0 Å². The predicted molar refractivity (Wildman–Crippen MR) is 86.5 cm³/mol. The van der Waals surface area contributed by atoms with Gasteiger partial charge in [0, 0.05) is 25.2 Å². The Balaban J connectivity index is 2.79. The summed E-state index contributed by atoms with van der Waals surface area (Å²) in [5, 5.41) is 0. The second-order valence-corrected chi connectivity index (χ2v) is 7.35. The Bertz CT molecular complexity index is 402. The molecule has 6 nitrogen and oxygen atoms in total. The third-order valence-electron chi connectivity index (χ3n) is 3.64. The van der Waals surface area contributed by atoms with Crippen LogP contribution in [-0.2, 0) is 9.53 Å². The van der Waals surface area contributed by atoms with Crippen molar-refractivity contribution in [3.63, 3.8) is 0 Å². The van der Waals surface area contributed by atoms with Gasteiger partial charge in [-0.2, -0.15) is 0 Å². The molecule has 1 heterocycles. The molecular weight excluding hydrogens is 282 g/mol. The van der Waals surface area contributed by atoms with Crippen molar-refractivity contribution >= 4 is 12.0 Å². The number of amides is 2. The smallest absolute Gasteiger partial charge is 0.410 e. The monoisotopic (exact) mass is 313 g/mol. The minimum atomic E-state index is -0.528. The Kier molecular flexibility index (Phi) is 6.23. The van der Waals surface area contributed by atoms with E-state index in [2.05, 4.69) is 0 Å². The van der Waals surface area contributed by atoms with Crippen molar-refractivity contribution in [2.24, 2.45) is 5.73 Å². The van der Waals surface area contributed by atoms with E-state index in [1.54, 1.807) is 11.8 Å². The number of piperidine rings is 1. The van der Waals surface area contributed by atoms with E-state index in [-0.39, 0.29) is 24.1 Å². The Labute approximate surface area is 134 Å². The zero-order chi connectivity index (χ0) is 17.1. The van der Waals surface area contributed by atoms with Crippen molar-refractivity contribution in [1.29, 1.82) is 0 Å². The Morgan fingerprint density at radius 3 is 2.32 bits per heavy atom. The average Bonchev–Trinajstić information content (AvgIpc) is 2.36. The summed E-state index contributed by atoms with van der Waals surface area (Å²) in [4.78, 5) is 28.1. The van der Waals surface area contributed by atoms with E-state index >= 15 is 0 Å². The highest BCUT2D eigenvalue weighted by Crippen LogP contribution is 2.21. The second-order valence-electron chi connectivity index (χ2n) is 7.35. The fraction of sp³-hybridized carbons (Fsp3) is 0.875. The van der Waals surface area contributed by atoms with E-state index in [9.17, 15) is 9.59 Å². The number of rotatable bonds is 3. The van der Waals surface area contributed by atoms with Gasteiger partial charge in [-0.1, -0.05) is 0 Å². The van der Waals surface area contributed by atoms with Crippen LogP contribution in [0.2, 0.25) is 0 Å². The lowest BCUT2D eigenvalue weighted by atomic mass is 10.0. The summed E-state index contributed by atoms with van der Waals surface area (Å²) in [7, 11) is 0. The number of nitrogens with two attached hydrogens (primary N) is 1. The van der Waals surface area contributed by atoms with Gasteiger partial charge in [0.05, 0.1) is 6.04 Å². The molecule has 1 rings (SSSR count). The zero-order valence-electron chi connectivity index (χ0n) is 14.8. The summed E-state index contributed by atoms with van der Waals surface area (Å²) < 4.78 is 5.43. The van der Waals surface area contributed by atoms with Crippen LogP contribution in [0.4, 0.5) is 4.79 Å². The molecule has 1 fully saturated rings. The van der Waals surface area contributed by atoms with E-state index in [0.717, 1.165) is 12.8 Å². The van der Waals surface area contributed by atoms with Crippen LogP contribution in [0.15, 0.2) is 0 Å². The van der Waals surface area contributed by atoms with Gasteiger partial charge in [0.25, 0.3) is 0 Å². The highest BCUT2D eigenvalue weighted by molar-refractivity contribution is 5.82. The summed E-state index contributed by atoms with van der Waals surface area (Å²) in [5.74, 6) is -0.0639. The van der Waals surface area contributed by atoms with Crippen molar-refractivity contribution in [1.82, 2.24) is 9.80 Å². The van der Waals surface area contributed by atoms with Gasteiger partial charge in [-0.25, -0.2) is 4.79 Å². The number of likely N-dealkylation sites (tertiary alicyclic amines) is 1. The quantitative estimate of drug-likeness (QED) is 0.864. The van der Waals surface area contributed by atoms with E-state index in [0.29, 0.717) is 13.1 Å². The molecule has 0 aromatic carbocycles. The first-order chi connectivity index (χ1) is 10.0. The number of hydrogen-bond donors (Lipinski definition) is 1.